The molecule has 15 heavy (non-hydrogen) atoms. The van der Waals surface area contributed by atoms with Gasteiger partial charge in [-0.15, -0.1) is 0 Å². The summed E-state index contributed by atoms with van der Waals surface area (Å²) in [5.74, 6) is -1.08. The molecule has 0 aliphatic carbocycles. The van der Waals surface area contributed by atoms with Crippen molar-refractivity contribution in [3.8, 4) is 0 Å². The standard InChI is InChI=1S/C12H13FO2/c1-8-6-10(4-3-5-11(14)15)7-9(2)12(8)13/h3-4,6-7H,5H2,1-2H3,(H,14,15). The van der Waals surface area contributed by atoms with Gasteiger partial charge in [-0.1, -0.05) is 12.2 Å². The third kappa shape index (κ3) is 3.20. The van der Waals surface area contributed by atoms with E-state index < -0.39 is 5.97 Å². The fourth-order valence-electron chi connectivity index (χ4n) is 1.37. The number of carboxylic acids is 1. The Labute approximate surface area is 88.1 Å². The van der Waals surface area contributed by atoms with E-state index in [9.17, 15) is 9.18 Å². The number of halogens is 1. The normalized spacial score (nSPS) is 10.9. The van der Waals surface area contributed by atoms with Crippen molar-refractivity contribution in [2.24, 2.45) is 0 Å². The van der Waals surface area contributed by atoms with Gasteiger partial charge in [-0.2, -0.15) is 0 Å². The van der Waals surface area contributed by atoms with Gasteiger partial charge in [0.2, 0.25) is 0 Å². The van der Waals surface area contributed by atoms with Crippen molar-refractivity contribution in [1.82, 2.24) is 0 Å². The second-order valence-electron chi connectivity index (χ2n) is 3.47. The van der Waals surface area contributed by atoms with Gasteiger partial charge in [0.15, 0.2) is 0 Å². The molecule has 0 fully saturated rings. The van der Waals surface area contributed by atoms with Crippen molar-refractivity contribution in [3.05, 3.63) is 40.7 Å². The molecule has 1 rings (SSSR count). The molecule has 0 heterocycles. The number of aryl methyl sites for hydroxylation is 2. The van der Waals surface area contributed by atoms with Crippen LogP contribution in [0.3, 0.4) is 0 Å². The highest BCUT2D eigenvalue weighted by Crippen LogP contribution is 2.15. The van der Waals surface area contributed by atoms with Gasteiger partial charge in [-0.3, -0.25) is 4.79 Å². The SMILES string of the molecule is Cc1cc(C=CCC(=O)O)cc(C)c1F. The molecule has 3 heteroatoms. The van der Waals surface area contributed by atoms with Crippen LogP contribution < -0.4 is 0 Å². The molecule has 0 bridgehead atoms. The van der Waals surface area contributed by atoms with Crippen molar-refractivity contribution >= 4 is 12.0 Å². The highest BCUT2D eigenvalue weighted by atomic mass is 19.1. The van der Waals surface area contributed by atoms with Crippen LogP contribution in [0.25, 0.3) is 6.08 Å². The summed E-state index contributed by atoms with van der Waals surface area (Å²) in [7, 11) is 0. The molecule has 0 radical (unpaired) electrons. The summed E-state index contributed by atoms with van der Waals surface area (Å²) in [5, 5.41) is 8.43. The molecule has 0 saturated heterocycles. The number of benzene rings is 1. The molecule has 0 spiro atoms. The first kappa shape index (κ1) is 11.4. The van der Waals surface area contributed by atoms with E-state index >= 15 is 0 Å². The molecule has 2 nitrogen and oxygen atoms in total. The number of carboxylic acid groups (broad SMARTS) is 1. The van der Waals surface area contributed by atoms with Crippen LogP contribution in [0.5, 0.6) is 0 Å². The zero-order valence-electron chi connectivity index (χ0n) is 8.75. The number of aliphatic carboxylic acids is 1. The fourth-order valence-corrected chi connectivity index (χ4v) is 1.37. The van der Waals surface area contributed by atoms with Gasteiger partial charge in [-0.05, 0) is 42.7 Å². The third-order valence-electron chi connectivity index (χ3n) is 2.06. The lowest BCUT2D eigenvalue weighted by atomic mass is 10.1. The van der Waals surface area contributed by atoms with Crippen LogP contribution in [0.2, 0.25) is 0 Å². The minimum atomic E-state index is -0.873. The molecular weight excluding hydrogens is 195 g/mol. The predicted octanol–water partition coefficient (Wildman–Crippen LogP) is 2.93. The van der Waals surface area contributed by atoms with Gasteiger partial charge in [-0.25, -0.2) is 4.39 Å². The Morgan fingerprint density at radius 1 is 1.40 bits per heavy atom. The van der Waals surface area contributed by atoms with E-state index in [4.69, 9.17) is 5.11 Å². The number of hydrogen-bond acceptors (Lipinski definition) is 1. The van der Waals surface area contributed by atoms with Crippen LogP contribution in [0.1, 0.15) is 23.1 Å². The van der Waals surface area contributed by atoms with Crippen molar-refractivity contribution in [1.29, 1.82) is 0 Å². The number of rotatable bonds is 3. The lowest BCUT2D eigenvalue weighted by Crippen LogP contribution is -1.91. The van der Waals surface area contributed by atoms with Gasteiger partial charge >= 0.3 is 5.97 Å². The molecule has 80 valence electrons. The van der Waals surface area contributed by atoms with Crippen LogP contribution in [-0.4, -0.2) is 11.1 Å². The second kappa shape index (κ2) is 4.73. The molecule has 0 aliphatic rings. The lowest BCUT2D eigenvalue weighted by Gasteiger charge is -2.02. The van der Waals surface area contributed by atoms with E-state index in [-0.39, 0.29) is 12.2 Å². The first-order valence-corrected chi connectivity index (χ1v) is 4.66. The van der Waals surface area contributed by atoms with Gasteiger partial charge in [0.25, 0.3) is 0 Å². The molecular formula is C12H13FO2. The van der Waals surface area contributed by atoms with E-state index in [1.807, 2.05) is 0 Å². The molecule has 0 unspecified atom stereocenters. The quantitative estimate of drug-likeness (QED) is 0.829. The van der Waals surface area contributed by atoms with E-state index in [1.165, 1.54) is 0 Å². The highest BCUT2D eigenvalue weighted by Gasteiger charge is 2.02. The summed E-state index contributed by atoms with van der Waals surface area (Å²) in [5.41, 5.74) is 1.97. The summed E-state index contributed by atoms with van der Waals surface area (Å²) >= 11 is 0. The van der Waals surface area contributed by atoms with Crippen LogP contribution in [-0.2, 0) is 4.79 Å². The smallest absolute Gasteiger partial charge is 0.307 e. The Hall–Kier alpha value is -1.64. The lowest BCUT2D eigenvalue weighted by molar-refractivity contribution is -0.135. The Morgan fingerprint density at radius 2 is 1.93 bits per heavy atom. The molecule has 0 aliphatic heterocycles. The van der Waals surface area contributed by atoms with Crippen LogP contribution >= 0.6 is 0 Å². The van der Waals surface area contributed by atoms with Crippen LogP contribution in [0.15, 0.2) is 18.2 Å². The van der Waals surface area contributed by atoms with Gasteiger partial charge in [0.05, 0.1) is 6.42 Å². The largest absolute Gasteiger partial charge is 0.481 e. The van der Waals surface area contributed by atoms with E-state index in [1.54, 1.807) is 38.1 Å². The van der Waals surface area contributed by atoms with Crippen molar-refractivity contribution in [3.63, 3.8) is 0 Å². The van der Waals surface area contributed by atoms with Crippen molar-refractivity contribution in [2.75, 3.05) is 0 Å². The molecule has 0 amide bonds. The van der Waals surface area contributed by atoms with E-state index in [2.05, 4.69) is 0 Å². The number of carbonyl (C=O) groups is 1. The summed E-state index contributed by atoms with van der Waals surface area (Å²) in [4.78, 5) is 10.3. The summed E-state index contributed by atoms with van der Waals surface area (Å²) in [6.07, 6.45) is 3.22. The monoisotopic (exact) mass is 208 g/mol. The van der Waals surface area contributed by atoms with Crippen LogP contribution in [0, 0.1) is 19.7 Å². The average Bonchev–Trinajstić information content (AvgIpc) is 2.13. The topological polar surface area (TPSA) is 37.3 Å². The van der Waals surface area contributed by atoms with Crippen LogP contribution in [0.4, 0.5) is 4.39 Å². The zero-order chi connectivity index (χ0) is 11.4. The van der Waals surface area contributed by atoms with Gasteiger partial charge in [0, 0.05) is 0 Å². The van der Waals surface area contributed by atoms with Crippen molar-refractivity contribution < 1.29 is 14.3 Å². The molecule has 1 N–H and O–H groups in total. The van der Waals surface area contributed by atoms with E-state index in [0.29, 0.717) is 11.1 Å². The third-order valence-corrected chi connectivity index (χ3v) is 2.06. The first-order chi connectivity index (χ1) is 7.00. The summed E-state index contributed by atoms with van der Waals surface area (Å²) < 4.78 is 13.2. The Bertz CT molecular complexity index is 385. The molecule has 1 aromatic carbocycles. The highest BCUT2D eigenvalue weighted by molar-refractivity contribution is 5.70. The summed E-state index contributed by atoms with van der Waals surface area (Å²) in [6, 6.07) is 3.39. The first-order valence-electron chi connectivity index (χ1n) is 4.66. The minimum absolute atomic E-state index is 0.0184. The maximum absolute atomic E-state index is 13.2. The minimum Gasteiger partial charge on any atom is -0.481 e. The average molecular weight is 208 g/mol. The van der Waals surface area contributed by atoms with Gasteiger partial charge in [0.1, 0.15) is 5.82 Å². The molecule has 1 aromatic rings. The Kier molecular flexibility index (Phi) is 3.61. The zero-order valence-corrected chi connectivity index (χ0v) is 8.75. The Morgan fingerprint density at radius 3 is 2.40 bits per heavy atom. The summed E-state index contributed by atoms with van der Waals surface area (Å²) in [6.45, 7) is 3.38. The Balaban J connectivity index is 2.87. The van der Waals surface area contributed by atoms with Crippen molar-refractivity contribution in [2.45, 2.75) is 20.3 Å². The molecule has 0 atom stereocenters. The number of hydrogen-bond donors (Lipinski definition) is 1. The molecule has 0 saturated carbocycles. The van der Waals surface area contributed by atoms with Gasteiger partial charge < -0.3 is 5.11 Å². The maximum Gasteiger partial charge on any atom is 0.307 e. The van der Waals surface area contributed by atoms with E-state index in [0.717, 1.165) is 5.56 Å². The second-order valence-corrected chi connectivity index (χ2v) is 3.47. The fraction of sp³-hybridized carbons (Fsp3) is 0.250. The maximum atomic E-state index is 13.2. The molecule has 0 aromatic heterocycles. The predicted molar refractivity (Wildman–Crippen MR) is 57.2 cm³/mol.